The maximum Gasteiger partial charge on any atom is 0.407 e. The van der Waals surface area contributed by atoms with E-state index in [2.05, 4.69) is 15.4 Å². The standard InChI is InChI=1S/C27H33N5O4/c1-27(2,3)36-26(34)29-17-19-8-10-20(11-9-19)23-16-22(25(33)31-14-6-5-7-15-31)30-32(23)21-12-13-24(35-4)28-18-21/h8-13,16,18H,5-7,14-15,17H2,1-4H3,(H,29,34). The maximum absolute atomic E-state index is 13.2. The van der Waals surface area contributed by atoms with Crippen LogP contribution < -0.4 is 10.1 Å². The molecule has 9 heteroatoms. The Bertz CT molecular complexity index is 1190. The number of hydrogen-bond donors (Lipinski definition) is 1. The molecular formula is C27H33N5O4. The van der Waals surface area contributed by atoms with E-state index in [4.69, 9.17) is 9.47 Å². The SMILES string of the molecule is COc1ccc(-n2nc(C(=O)N3CCCCC3)cc2-c2ccc(CNC(=O)OC(C)(C)C)cc2)cn1. The number of nitrogens with zero attached hydrogens (tertiary/aromatic N) is 4. The molecule has 0 unspecified atom stereocenters. The summed E-state index contributed by atoms with van der Waals surface area (Å²) in [6.07, 6.45) is 4.39. The van der Waals surface area contributed by atoms with E-state index in [1.54, 1.807) is 24.1 Å². The van der Waals surface area contributed by atoms with Crippen LogP contribution in [0.15, 0.2) is 48.7 Å². The Labute approximate surface area is 211 Å². The van der Waals surface area contributed by atoms with Gasteiger partial charge < -0.3 is 19.7 Å². The molecule has 0 radical (unpaired) electrons. The average Bonchev–Trinajstić information content (AvgIpc) is 3.32. The van der Waals surface area contributed by atoms with Gasteiger partial charge in [0.25, 0.3) is 5.91 Å². The van der Waals surface area contributed by atoms with Gasteiger partial charge >= 0.3 is 6.09 Å². The van der Waals surface area contributed by atoms with Gasteiger partial charge in [-0.1, -0.05) is 24.3 Å². The quantitative estimate of drug-likeness (QED) is 0.541. The Kier molecular flexibility index (Phi) is 7.57. The topological polar surface area (TPSA) is 98.6 Å². The van der Waals surface area contributed by atoms with Gasteiger partial charge in [0.15, 0.2) is 5.69 Å². The van der Waals surface area contributed by atoms with Crippen LogP contribution in [0.25, 0.3) is 16.9 Å². The number of likely N-dealkylation sites (tertiary alicyclic amines) is 1. The zero-order chi connectivity index (χ0) is 25.7. The highest BCUT2D eigenvalue weighted by Gasteiger charge is 2.23. The van der Waals surface area contributed by atoms with Gasteiger partial charge in [-0.3, -0.25) is 4.79 Å². The highest BCUT2D eigenvalue weighted by atomic mass is 16.6. The summed E-state index contributed by atoms with van der Waals surface area (Å²) in [6.45, 7) is 7.33. The molecule has 9 nitrogen and oxygen atoms in total. The molecule has 0 aliphatic carbocycles. The fraction of sp³-hybridized carbons (Fsp3) is 0.407. The van der Waals surface area contributed by atoms with Crippen LogP contribution in [0.4, 0.5) is 4.79 Å². The molecule has 1 N–H and O–H groups in total. The van der Waals surface area contributed by atoms with Crippen LogP contribution in [0.3, 0.4) is 0 Å². The summed E-state index contributed by atoms with van der Waals surface area (Å²) in [5.41, 5.74) is 3.15. The Morgan fingerprint density at radius 3 is 2.36 bits per heavy atom. The van der Waals surface area contributed by atoms with Crippen LogP contribution in [-0.2, 0) is 11.3 Å². The van der Waals surface area contributed by atoms with Gasteiger partial charge in [-0.25, -0.2) is 14.5 Å². The van der Waals surface area contributed by atoms with Gasteiger partial charge in [-0.15, -0.1) is 0 Å². The number of carbonyl (C=O) groups is 2. The molecule has 190 valence electrons. The molecule has 2 aromatic heterocycles. The lowest BCUT2D eigenvalue weighted by atomic mass is 10.1. The predicted molar refractivity (Wildman–Crippen MR) is 136 cm³/mol. The van der Waals surface area contributed by atoms with Crippen molar-refractivity contribution >= 4 is 12.0 Å². The van der Waals surface area contributed by atoms with Crippen LogP contribution in [-0.4, -0.2) is 57.5 Å². The molecule has 1 saturated heterocycles. The molecular weight excluding hydrogens is 458 g/mol. The summed E-state index contributed by atoms with van der Waals surface area (Å²) in [7, 11) is 1.57. The predicted octanol–water partition coefficient (Wildman–Crippen LogP) is 4.59. The molecule has 1 aromatic carbocycles. The largest absolute Gasteiger partial charge is 0.481 e. The van der Waals surface area contributed by atoms with Crippen molar-refractivity contribution in [2.24, 2.45) is 0 Å². The maximum atomic E-state index is 13.2. The van der Waals surface area contributed by atoms with Crippen molar-refractivity contribution in [3.63, 3.8) is 0 Å². The third-order valence-electron chi connectivity index (χ3n) is 5.83. The molecule has 36 heavy (non-hydrogen) atoms. The van der Waals surface area contributed by atoms with Crippen molar-refractivity contribution in [1.82, 2.24) is 25.0 Å². The molecule has 0 saturated carbocycles. The van der Waals surface area contributed by atoms with E-state index in [1.165, 1.54) is 0 Å². The fourth-order valence-corrected chi connectivity index (χ4v) is 4.05. The number of methoxy groups -OCH3 is 1. The number of benzene rings is 1. The Balaban J connectivity index is 1.59. The summed E-state index contributed by atoms with van der Waals surface area (Å²) >= 11 is 0. The number of aromatic nitrogens is 3. The summed E-state index contributed by atoms with van der Waals surface area (Å²) in [5, 5.41) is 7.44. The Morgan fingerprint density at radius 2 is 1.75 bits per heavy atom. The molecule has 0 spiro atoms. The summed E-state index contributed by atoms with van der Waals surface area (Å²) in [5.74, 6) is 0.438. The van der Waals surface area contributed by atoms with E-state index in [1.807, 2.05) is 62.1 Å². The first-order valence-electron chi connectivity index (χ1n) is 12.2. The molecule has 1 fully saturated rings. The number of amides is 2. The lowest BCUT2D eigenvalue weighted by molar-refractivity contribution is 0.0523. The monoisotopic (exact) mass is 491 g/mol. The van der Waals surface area contributed by atoms with E-state index in [0.717, 1.165) is 54.9 Å². The summed E-state index contributed by atoms with van der Waals surface area (Å²) in [6, 6.07) is 13.2. The van der Waals surface area contributed by atoms with E-state index >= 15 is 0 Å². The van der Waals surface area contributed by atoms with E-state index < -0.39 is 11.7 Å². The first-order chi connectivity index (χ1) is 17.2. The smallest absolute Gasteiger partial charge is 0.407 e. The summed E-state index contributed by atoms with van der Waals surface area (Å²) in [4.78, 5) is 31.3. The highest BCUT2D eigenvalue weighted by molar-refractivity contribution is 5.93. The van der Waals surface area contributed by atoms with Gasteiger partial charge in [0.1, 0.15) is 5.60 Å². The van der Waals surface area contributed by atoms with E-state index in [9.17, 15) is 9.59 Å². The Morgan fingerprint density at radius 1 is 1.03 bits per heavy atom. The second-order valence-electron chi connectivity index (χ2n) is 9.79. The minimum Gasteiger partial charge on any atom is -0.481 e. The van der Waals surface area contributed by atoms with Gasteiger partial charge in [-0.2, -0.15) is 5.10 Å². The molecule has 2 amide bonds. The van der Waals surface area contributed by atoms with Crippen LogP contribution in [0.2, 0.25) is 0 Å². The summed E-state index contributed by atoms with van der Waals surface area (Å²) < 4.78 is 12.2. The average molecular weight is 492 g/mol. The molecule has 3 heterocycles. The molecule has 0 atom stereocenters. The van der Waals surface area contributed by atoms with Gasteiger partial charge in [0.05, 0.1) is 24.7 Å². The molecule has 3 aromatic rings. The minimum atomic E-state index is -0.550. The minimum absolute atomic E-state index is 0.0608. The van der Waals surface area contributed by atoms with Crippen molar-refractivity contribution in [3.05, 3.63) is 59.9 Å². The van der Waals surface area contributed by atoms with E-state index in [0.29, 0.717) is 18.1 Å². The number of rotatable bonds is 6. The van der Waals surface area contributed by atoms with Crippen molar-refractivity contribution < 1.29 is 19.1 Å². The van der Waals surface area contributed by atoms with Crippen molar-refractivity contribution in [1.29, 1.82) is 0 Å². The second kappa shape index (κ2) is 10.8. The number of ether oxygens (including phenoxy) is 2. The Hall–Kier alpha value is -3.88. The number of hydrogen-bond acceptors (Lipinski definition) is 6. The van der Waals surface area contributed by atoms with E-state index in [-0.39, 0.29) is 5.91 Å². The van der Waals surface area contributed by atoms with Gasteiger partial charge in [-0.05, 0) is 57.7 Å². The highest BCUT2D eigenvalue weighted by Crippen LogP contribution is 2.26. The zero-order valence-electron chi connectivity index (χ0n) is 21.3. The second-order valence-corrected chi connectivity index (χ2v) is 9.79. The number of nitrogens with one attached hydrogen (secondary N) is 1. The first kappa shape index (κ1) is 25.2. The lowest BCUT2D eigenvalue weighted by Crippen LogP contribution is -2.35. The normalized spacial score (nSPS) is 13.8. The van der Waals surface area contributed by atoms with Crippen molar-refractivity contribution in [3.8, 4) is 22.8 Å². The zero-order valence-corrected chi connectivity index (χ0v) is 21.3. The third kappa shape index (κ3) is 6.21. The lowest BCUT2D eigenvalue weighted by Gasteiger charge is -2.25. The van der Waals surface area contributed by atoms with Crippen LogP contribution >= 0.6 is 0 Å². The number of carbonyl (C=O) groups excluding carboxylic acids is 2. The molecule has 4 rings (SSSR count). The van der Waals surface area contributed by atoms with Crippen molar-refractivity contribution in [2.75, 3.05) is 20.2 Å². The number of piperidine rings is 1. The molecule has 1 aliphatic rings. The van der Waals surface area contributed by atoms with Crippen LogP contribution in [0.1, 0.15) is 56.1 Å². The fourth-order valence-electron chi connectivity index (χ4n) is 4.05. The number of pyridine rings is 1. The molecule has 1 aliphatic heterocycles. The number of alkyl carbamates (subject to hydrolysis) is 1. The molecule has 0 bridgehead atoms. The van der Waals surface area contributed by atoms with Crippen LogP contribution in [0.5, 0.6) is 5.88 Å². The van der Waals surface area contributed by atoms with Gasteiger partial charge in [0, 0.05) is 31.3 Å². The third-order valence-corrected chi connectivity index (χ3v) is 5.83. The van der Waals surface area contributed by atoms with Gasteiger partial charge in [0.2, 0.25) is 5.88 Å². The first-order valence-corrected chi connectivity index (χ1v) is 12.2. The van der Waals surface area contributed by atoms with Crippen molar-refractivity contribution in [2.45, 2.75) is 52.2 Å². The van der Waals surface area contributed by atoms with Crippen LogP contribution in [0, 0.1) is 0 Å².